The quantitative estimate of drug-likeness (QED) is 0.911. The number of benzene rings is 1. The third kappa shape index (κ3) is 2.42. The van der Waals surface area contributed by atoms with E-state index in [1.165, 1.54) is 24.4 Å². The minimum absolute atomic E-state index is 0.0585. The van der Waals surface area contributed by atoms with E-state index in [0.29, 0.717) is 0 Å². The third-order valence-corrected chi connectivity index (χ3v) is 2.11. The lowest BCUT2D eigenvalue weighted by atomic mass is 10.3. The monoisotopic (exact) mass is 251 g/mol. The largest absolute Gasteiger partial charge is 0.478 e. The molecule has 2 aromatic rings. The van der Waals surface area contributed by atoms with Gasteiger partial charge in [-0.05, 0) is 18.2 Å². The average molecular weight is 251 g/mol. The van der Waals surface area contributed by atoms with E-state index in [-0.39, 0.29) is 17.2 Å². The number of rotatable bonds is 3. The summed E-state index contributed by atoms with van der Waals surface area (Å²) in [5.41, 5.74) is -0.0585. The van der Waals surface area contributed by atoms with E-state index in [1.807, 2.05) is 0 Å². The fourth-order valence-electron chi connectivity index (χ4n) is 1.27. The molecule has 92 valence electrons. The highest BCUT2D eigenvalue weighted by Gasteiger charge is 2.11. The number of hydrogen-bond donors (Lipinski definition) is 1. The van der Waals surface area contributed by atoms with Crippen molar-refractivity contribution < 1.29 is 23.4 Å². The molecule has 0 saturated heterocycles. The predicted octanol–water partition coefficient (Wildman–Crippen LogP) is 2.85. The molecule has 0 fully saturated rings. The minimum atomic E-state index is -1.16. The van der Waals surface area contributed by atoms with Crippen molar-refractivity contribution >= 4 is 5.97 Å². The van der Waals surface area contributed by atoms with Crippen LogP contribution < -0.4 is 4.74 Å². The highest BCUT2D eigenvalue weighted by molar-refractivity contribution is 5.87. The Morgan fingerprint density at radius 2 is 2.06 bits per heavy atom. The summed E-state index contributed by atoms with van der Waals surface area (Å²) in [5, 5.41) is 8.76. The third-order valence-electron chi connectivity index (χ3n) is 2.11. The van der Waals surface area contributed by atoms with Gasteiger partial charge in [0.2, 0.25) is 11.7 Å². The number of carboxylic acid groups (broad SMARTS) is 1. The first-order valence-electron chi connectivity index (χ1n) is 4.89. The lowest BCUT2D eigenvalue weighted by Gasteiger charge is -2.06. The molecule has 0 amide bonds. The van der Waals surface area contributed by atoms with Crippen LogP contribution in [0.3, 0.4) is 0 Å². The minimum Gasteiger partial charge on any atom is -0.478 e. The van der Waals surface area contributed by atoms with Crippen LogP contribution in [-0.4, -0.2) is 16.1 Å². The van der Waals surface area contributed by atoms with Gasteiger partial charge in [0.15, 0.2) is 11.6 Å². The van der Waals surface area contributed by atoms with Gasteiger partial charge in [-0.25, -0.2) is 14.2 Å². The van der Waals surface area contributed by atoms with Crippen molar-refractivity contribution in [1.82, 2.24) is 4.98 Å². The summed E-state index contributed by atoms with van der Waals surface area (Å²) in [4.78, 5) is 14.4. The maximum absolute atomic E-state index is 13.3. The topological polar surface area (TPSA) is 59.4 Å². The van der Waals surface area contributed by atoms with Crippen LogP contribution in [0.1, 0.15) is 10.4 Å². The zero-order chi connectivity index (χ0) is 13.1. The summed E-state index contributed by atoms with van der Waals surface area (Å²) >= 11 is 0. The molecule has 0 aliphatic heterocycles. The number of nitrogens with zero attached hydrogens (tertiary/aromatic N) is 1. The number of carbonyl (C=O) groups is 1. The summed E-state index contributed by atoms with van der Waals surface area (Å²) in [5.74, 6) is -3.85. The molecule has 0 saturated carbocycles. The van der Waals surface area contributed by atoms with E-state index in [9.17, 15) is 13.6 Å². The smallest absolute Gasteiger partial charge is 0.335 e. The lowest BCUT2D eigenvalue weighted by Crippen LogP contribution is -1.98. The van der Waals surface area contributed by atoms with Crippen molar-refractivity contribution in [2.24, 2.45) is 0 Å². The maximum Gasteiger partial charge on any atom is 0.335 e. The summed E-state index contributed by atoms with van der Waals surface area (Å²) in [7, 11) is 0. The second kappa shape index (κ2) is 4.79. The van der Waals surface area contributed by atoms with E-state index < -0.39 is 17.6 Å². The average Bonchev–Trinajstić information content (AvgIpc) is 2.35. The summed E-state index contributed by atoms with van der Waals surface area (Å²) < 4.78 is 31.2. The van der Waals surface area contributed by atoms with Gasteiger partial charge in [-0.2, -0.15) is 4.39 Å². The van der Waals surface area contributed by atoms with E-state index in [0.717, 1.165) is 12.1 Å². The molecule has 0 unspecified atom stereocenters. The van der Waals surface area contributed by atoms with E-state index in [4.69, 9.17) is 9.84 Å². The van der Waals surface area contributed by atoms with Crippen molar-refractivity contribution in [1.29, 1.82) is 0 Å². The fraction of sp³-hybridized carbons (Fsp3) is 0. The molecule has 0 radical (unpaired) electrons. The number of hydrogen-bond acceptors (Lipinski definition) is 3. The van der Waals surface area contributed by atoms with Crippen molar-refractivity contribution in [2.45, 2.75) is 0 Å². The molecule has 4 nitrogen and oxygen atoms in total. The van der Waals surface area contributed by atoms with Crippen LogP contribution in [0.25, 0.3) is 0 Å². The van der Waals surface area contributed by atoms with Gasteiger partial charge >= 0.3 is 5.97 Å². The summed E-state index contributed by atoms with van der Waals surface area (Å²) in [6, 6.07) is 5.81. The molecule has 0 atom stereocenters. The lowest BCUT2D eigenvalue weighted by molar-refractivity contribution is 0.0696. The molecule has 18 heavy (non-hydrogen) atoms. The second-order valence-corrected chi connectivity index (χ2v) is 3.34. The number of aromatic nitrogens is 1. The van der Waals surface area contributed by atoms with Gasteiger partial charge in [-0.15, -0.1) is 0 Å². The molecule has 1 heterocycles. The summed E-state index contributed by atoms with van der Waals surface area (Å²) in [6.45, 7) is 0. The van der Waals surface area contributed by atoms with E-state index in [2.05, 4.69) is 4.98 Å². The Labute approximate surface area is 100 Å². The van der Waals surface area contributed by atoms with Gasteiger partial charge < -0.3 is 9.84 Å². The van der Waals surface area contributed by atoms with Gasteiger partial charge in [0, 0.05) is 12.3 Å². The number of carboxylic acids is 1. The highest BCUT2D eigenvalue weighted by atomic mass is 19.2. The Hall–Kier alpha value is -2.50. The van der Waals surface area contributed by atoms with Crippen molar-refractivity contribution in [3.8, 4) is 11.6 Å². The first kappa shape index (κ1) is 12.0. The normalized spacial score (nSPS) is 10.1. The van der Waals surface area contributed by atoms with Crippen molar-refractivity contribution in [3.63, 3.8) is 0 Å². The number of aromatic carboxylic acids is 1. The van der Waals surface area contributed by atoms with E-state index in [1.54, 1.807) is 0 Å². The van der Waals surface area contributed by atoms with E-state index >= 15 is 0 Å². The zero-order valence-corrected chi connectivity index (χ0v) is 8.93. The van der Waals surface area contributed by atoms with Gasteiger partial charge in [-0.1, -0.05) is 6.07 Å². The Balaban J connectivity index is 2.31. The molecule has 1 N–H and O–H groups in total. The zero-order valence-electron chi connectivity index (χ0n) is 8.93. The molecule has 1 aromatic carbocycles. The molecular formula is C12H7F2NO3. The first-order chi connectivity index (χ1) is 8.58. The van der Waals surface area contributed by atoms with Crippen LogP contribution >= 0.6 is 0 Å². The SMILES string of the molecule is O=C(O)c1ccnc(Oc2cccc(F)c2F)c1. The fourth-order valence-corrected chi connectivity index (χ4v) is 1.27. The molecule has 0 bridgehead atoms. The first-order valence-corrected chi connectivity index (χ1v) is 4.89. The summed E-state index contributed by atoms with van der Waals surface area (Å²) in [6.07, 6.45) is 1.20. The molecule has 1 aromatic heterocycles. The molecule has 0 aliphatic carbocycles. The predicted molar refractivity (Wildman–Crippen MR) is 57.6 cm³/mol. The molecule has 0 spiro atoms. The standard InChI is InChI=1S/C12H7F2NO3/c13-8-2-1-3-9(11(8)14)18-10-6-7(12(16)17)4-5-15-10/h1-6H,(H,16,17). The molecule has 2 rings (SSSR count). The van der Waals surface area contributed by atoms with Crippen LogP contribution in [-0.2, 0) is 0 Å². The van der Waals surface area contributed by atoms with Gasteiger partial charge in [0.25, 0.3) is 0 Å². The second-order valence-electron chi connectivity index (χ2n) is 3.34. The van der Waals surface area contributed by atoms with Crippen molar-refractivity contribution in [3.05, 3.63) is 53.7 Å². The Kier molecular flexibility index (Phi) is 3.18. The Morgan fingerprint density at radius 1 is 1.28 bits per heavy atom. The van der Waals surface area contributed by atoms with Crippen LogP contribution in [0.15, 0.2) is 36.5 Å². The van der Waals surface area contributed by atoms with Crippen LogP contribution in [0, 0.1) is 11.6 Å². The van der Waals surface area contributed by atoms with Crippen LogP contribution in [0.4, 0.5) is 8.78 Å². The highest BCUT2D eigenvalue weighted by Crippen LogP contribution is 2.24. The Bertz CT molecular complexity index is 602. The van der Waals surface area contributed by atoms with Gasteiger partial charge in [0.05, 0.1) is 5.56 Å². The number of ether oxygens (including phenoxy) is 1. The number of pyridine rings is 1. The van der Waals surface area contributed by atoms with Gasteiger partial charge in [-0.3, -0.25) is 0 Å². The van der Waals surface area contributed by atoms with Gasteiger partial charge in [0.1, 0.15) is 0 Å². The molecule has 6 heteroatoms. The molecular weight excluding hydrogens is 244 g/mol. The number of halogens is 2. The van der Waals surface area contributed by atoms with Crippen LogP contribution in [0.5, 0.6) is 11.6 Å². The maximum atomic E-state index is 13.3. The Morgan fingerprint density at radius 3 is 2.78 bits per heavy atom. The van der Waals surface area contributed by atoms with Crippen molar-refractivity contribution in [2.75, 3.05) is 0 Å². The van der Waals surface area contributed by atoms with Crippen LogP contribution in [0.2, 0.25) is 0 Å². The molecule has 0 aliphatic rings.